The fourth-order valence-corrected chi connectivity index (χ4v) is 3.27. The van der Waals surface area contributed by atoms with E-state index in [1.165, 1.54) is 18.4 Å². The summed E-state index contributed by atoms with van der Waals surface area (Å²) in [7, 11) is 0. The summed E-state index contributed by atoms with van der Waals surface area (Å²) in [6.45, 7) is 12.8. The predicted molar refractivity (Wildman–Crippen MR) is 102 cm³/mol. The zero-order chi connectivity index (χ0) is 18.4. The van der Waals surface area contributed by atoms with E-state index in [-0.39, 0.29) is 6.09 Å². The van der Waals surface area contributed by atoms with Crippen molar-refractivity contribution in [3.05, 3.63) is 23.9 Å². The molecule has 1 aromatic rings. The molecule has 0 unspecified atom stereocenters. The lowest BCUT2D eigenvalue weighted by molar-refractivity contribution is 0.0578. The van der Waals surface area contributed by atoms with E-state index in [0.29, 0.717) is 18.4 Å². The number of likely N-dealkylation sites (tertiary alicyclic amines) is 1. The molecular formula is C20H33N3O2. The van der Waals surface area contributed by atoms with Crippen LogP contribution in [-0.2, 0) is 4.74 Å². The van der Waals surface area contributed by atoms with Gasteiger partial charge in [0.2, 0.25) is 0 Å². The smallest absolute Gasteiger partial charge is 0.416 e. The average molecular weight is 348 g/mol. The minimum absolute atomic E-state index is 0.322. The fourth-order valence-electron chi connectivity index (χ4n) is 3.27. The third kappa shape index (κ3) is 5.43. The van der Waals surface area contributed by atoms with Gasteiger partial charge in [-0.25, -0.2) is 9.78 Å². The monoisotopic (exact) mass is 347 g/mol. The Labute approximate surface area is 152 Å². The van der Waals surface area contributed by atoms with Crippen molar-refractivity contribution in [2.24, 2.45) is 0 Å². The molecule has 0 spiro atoms. The van der Waals surface area contributed by atoms with Crippen LogP contribution in [0.25, 0.3) is 0 Å². The molecule has 1 amide bonds. The number of nitrogens with zero attached hydrogens (tertiary/aromatic N) is 3. The van der Waals surface area contributed by atoms with Gasteiger partial charge in [-0.15, -0.1) is 0 Å². The number of anilines is 1. The first kappa shape index (κ1) is 19.7. The first-order chi connectivity index (χ1) is 11.9. The molecule has 1 aromatic heterocycles. The molecule has 0 aromatic carbocycles. The molecule has 0 aliphatic carbocycles. The summed E-state index contributed by atoms with van der Waals surface area (Å²) in [6, 6.07) is 4.53. The maximum absolute atomic E-state index is 12.6. The Bertz CT molecular complexity index is 551. The highest BCUT2D eigenvalue weighted by molar-refractivity contribution is 5.86. The van der Waals surface area contributed by atoms with E-state index in [0.717, 1.165) is 25.9 Å². The van der Waals surface area contributed by atoms with Crippen LogP contribution in [-0.4, -0.2) is 41.2 Å². The number of rotatable bonds is 6. The highest BCUT2D eigenvalue weighted by Crippen LogP contribution is 2.31. The summed E-state index contributed by atoms with van der Waals surface area (Å²) in [6.07, 6.45) is 5.97. The number of unbranched alkanes of at least 4 members (excludes halogenated alkanes) is 1. The van der Waals surface area contributed by atoms with Crippen LogP contribution in [0, 0.1) is 0 Å². The average Bonchev–Trinajstić information content (AvgIpc) is 3.03. The fraction of sp³-hybridized carbons (Fsp3) is 0.700. The Morgan fingerprint density at radius 3 is 2.68 bits per heavy atom. The molecule has 0 radical (unpaired) electrons. The minimum Gasteiger partial charge on any atom is -0.443 e. The van der Waals surface area contributed by atoms with Gasteiger partial charge in [0, 0.05) is 18.8 Å². The highest BCUT2D eigenvalue weighted by atomic mass is 16.6. The van der Waals surface area contributed by atoms with Crippen LogP contribution in [0.4, 0.5) is 10.6 Å². The Hall–Kier alpha value is -1.62. The van der Waals surface area contributed by atoms with Gasteiger partial charge in [-0.1, -0.05) is 26.3 Å². The van der Waals surface area contributed by atoms with E-state index in [1.807, 2.05) is 33.0 Å². The second kappa shape index (κ2) is 8.65. The van der Waals surface area contributed by atoms with Crippen molar-refractivity contribution in [2.75, 3.05) is 24.5 Å². The van der Waals surface area contributed by atoms with E-state index in [2.05, 4.69) is 29.8 Å². The highest BCUT2D eigenvalue weighted by Gasteiger charge is 2.26. The summed E-state index contributed by atoms with van der Waals surface area (Å²) in [5.41, 5.74) is 0.732. The molecular weight excluding hydrogens is 314 g/mol. The van der Waals surface area contributed by atoms with Crippen LogP contribution in [0.15, 0.2) is 18.3 Å². The van der Waals surface area contributed by atoms with Gasteiger partial charge in [-0.3, -0.25) is 9.80 Å². The minimum atomic E-state index is -0.507. The number of carbonyl (C=O) groups excluding carboxylic acids is 1. The number of aromatic nitrogens is 1. The third-order valence-corrected chi connectivity index (χ3v) is 4.55. The number of carbonyl (C=O) groups is 1. The van der Waals surface area contributed by atoms with Gasteiger partial charge in [0.25, 0.3) is 0 Å². The van der Waals surface area contributed by atoms with Crippen molar-refractivity contribution in [3.63, 3.8) is 0 Å². The predicted octanol–water partition coefficient (Wildman–Crippen LogP) is 4.78. The molecule has 0 bridgehead atoms. The normalized spacial score (nSPS) is 18.4. The van der Waals surface area contributed by atoms with Crippen LogP contribution in [0.5, 0.6) is 0 Å². The maximum atomic E-state index is 12.6. The number of amides is 1. The number of ether oxygens (including phenoxy) is 1. The van der Waals surface area contributed by atoms with E-state index >= 15 is 0 Å². The lowest BCUT2D eigenvalue weighted by Gasteiger charge is -2.27. The maximum Gasteiger partial charge on any atom is 0.416 e. The van der Waals surface area contributed by atoms with Gasteiger partial charge in [0.1, 0.15) is 11.4 Å². The van der Waals surface area contributed by atoms with Gasteiger partial charge in [0.15, 0.2) is 0 Å². The molecule has 5 heteroatoms. The zero-order valence-electron chi connectivity index (χ0n) is 16.4. The van der Waals surface area contributed by atoms with Crippen LogP contribution in [0.1, 0.15) is 71.9 Å². The largest absolute Gasteiger partial charge is 0.443 e. The Morgan fingerprint density at radius 2 is 2.12 bits per heavy atom. The standard InChI is InChI=1S/C20H33N3O2/c1-6-8-14-23(19(24)25-20(3,4)5)18-12-11-16(15-21-18)17-10-9-13-22(17)7-2/h11-12,15,17H,6-10,13-14H2,1-5H3/t17-/m0/s1. The topological polar surface area (TPSA) is 45.7 Å². The number of hydrogen-bond donors (Lipinski definition) is 0. The third-order valence-electron chi connectivity index (χ3n) is 4.55. The van der Waals surface area contributed by atoms with Gasteiger partial charge in [0.05, 0.1) is 0 Å². The first-order valence-corrected chi connectivity index (χ1v) is 9.56. The second-order valence-corrected chi connectivity index (χ2v) is 7.72. The van der Waals surface area contributed by atoms with Crippen LogP contribution >= 0.6 is 0 Å². The molecule has 1 aliphatic heterocycles. The molecule has 1 saturated heterocycles. The van der Waals surface area contributed by atoms with Gasteiger partial charge >= 0.3 is 6.09 Å². The summed E-state index contributed by atoms with van der Waals surface area (Å²) in [5, 5.41) is 0. The molecule has 25 heavy (non-hydrogen) atoms. The van der Waals surface area contributed by atoms with Gasteiger partial charge in [-0.2, -0.15) is 0 Å². The molecule has 1 fully saturated rings. The van der Waals surface area contributed by atoms with Crippen LogP contribution in [0.3, 0.4) is 0 Å². The van der Waals surface area contributed by atoms with Crippen molar-refractivity contribution in [1.82, 2.24) is 9.88 Å². The van der Waals surface area contributed by atoms with Crippen molar-refractivity contribution in [1.29, 1.82) is 0 Å². The van der Waals surface area contributed by atoms with E-state index in [9.17, 15) is 4.79 Å². The Balaban J connectivity index is 2.15. The Morgan fingerprint density at radius 1 is 1.36 bits per heavy atom. The molecule has 1 aliphatic rings. The quantitative estimate of drug-likeness (QED) is 0.743. The van der Waals surface area contributed by atoms with E-state index in [4.69, 9.17) is 4.74 Å². The number of pyridine rings is 1. The number of hydrogen-bond acceptors (Lipinski definition) is 4. The Kier molecular flexibility index (Phi) is 6.82. The lowest BCUT2D eigenvalue weighted by atomic mass is 10.1. The molecule has 5 nitrogen and oxygen atoms in total. The van der Waals surface area contributed by atoms with Crippen molar-refractivity contribution in [3.8, 4) is 0 Å². The zero-order valence-corrected chi connectivity index (χ0v) is 16.4. The molecule has 0 saturated carbocycles. The summed E-state index contributed by atoms with van der Waals surface area (Å²) in [5.74, 6) is 0.674. The van der Waals surface area contributed by atoms with Crippen molar-refractivity contribution in [2.45, 2.75) is 71.9 Å². The van der Waals surface area contributed by atoms with E-state index < -0.39 is 5.60 Å². The molecule has 140 valence electrons. The van der Waals surface area contributed by atoms with E-state index in [1.54, 1.807) is 4.90 Å². The molecule has 2 rings (SSSR count). The van der Waals surface area contributed by atoms with Crippen LogP contribution in [0.2, 0.25) is 0 Å². The van der Waals surface area contributed by atoms with Crippen LogP contribution < -0.4 is 4.90 Å². The lowest BCUT2D eigenvalue weighted by Crippen LogP contribution is -2.38. The summed E-state index contributed by atoms with van der Waals surface area (Å²) in [4.78, 5) is 21.3. The molecule has 0 N–H and O–H groups in total. The SMILES string of the molecule is CCCCN(C(=O)OC(C)(C)C)c1ccc([C@@H]2CCCN2CC)cn1. The van der Waals surface area contributed by atoms with Crippen molar-refractivity contribution < 1.29 is 9.53 Å². The molecule has 2 heterocycles. The van der Waals surface area contributed by atoms with Crippen molar-refractivity contribution >= 4 is 11.9 Å². The van der Waals surface area contributed by atoms with Gasteiger partial charge < -0.3 is 4.74 Å². The second-order valence-electron chi connectivity index (χ2n) is 7.72. The summed E-state index contributed by atoms with van der Waals surface area (Å²) < 4.78 is 5.55. The first-order valence-electron chi connectivity index (χ1n) is 9.56. The summed E-state index contributed by atoms with van der Waals surface area (Å²) >= 11 is 0. The molecule has 1 atom stereocenters. The van der Waals surface area contributed by atoms with Gasteiger partial charge in [-0.05, 0) is 64.8 Å².